The number of methoxy groups -OCH3 is 1. The lowest BCUT2D eigenvalue weighted by Crippen LogP contribution is -2.34. The van der Waals surface area contributed by atoms with Crippen LogP contribution in [0.15, 0.2) is 0 Å². The van der Waals surface area contributed by atoms with Crippen LogP contribution in [0.5, 0.6) is 0 Å². The predicted molar refractivity (Wildman–Crippen MR) is 37.1 cm³/mol. The molecule has 6 heteroatoms. The molecule has 0 saturated carbocycles. The Morgan fingerprint density at radius 3 is 2.15 bits per heavy atom. The average Bonchev–Trinajstić information content (AvgIpc) is 2.00. The van der Waals surface area contributed by atoms with Crippen LogP contribution in [0.2, 0.25) is 0 Å². The van der Waals surface area contributed by atoms with Crippen LogP contribution in [-0.2, 0) is 14.3 Å². The number of ether oxygens (including phenoxy) is 1. The van der Waals surface area contributed by atoms with Crippen molar-refractivity contribution in [1.29, 1.82) is 0 Å². The Morgan fingerprint density at radius 2 is 1.85 bits per heavy atom. The molecule has 13 heavy (non-hydrogen) atoms. The van der Waals surface area contributed by atoms with E-state index in [0.29, 0.717) is 0 Å². The molecule has 0 fully saturated rings. The molecule has 0 heterocycles. The number of hydrogen-bond donors (Lipinski definition) is 0. The first-order valence-electron chi connectivity index (χ1n) is 3.43. The van der Waals surface area contributed by atoms with Crippen molar-refractivity contribution in [3.63, 3.8) is 0 Å². The monoisotopic (exact) mass is 198 g/mol. The second kappa shape index (κ2) is 4.36. The van der Waals surface area contributed by atoms with Crippen LogP contribution in [0.4, 0.5) is 13.2 Å². The van der Waals surface area contributed by atoms with E-state index in [2.05, 4.69) is 4.74 Å². The molecule has 1 atom stereocenters. The van der Waals surface area contributed by atoms with Crippen LogP contribution in [-0.4, -0.2) is 31.5 Å². The molecule has 0 aliphatic heterocycles. The quantitative estimate of drug-likeness (QED) is 0.632. The number of ketones is 2. The topological polar surface area (TPSA) is 43.4 Å². The van der Waals surface area contributed by atoms with Gasteiger partial charge in [0.1, 0.15) is 6.61 Å². The second-order valence-electron chi connectivity index (χ2n) is 2.48. The van der Waals surface area contributed by atoms with Gasteiger partial charge in [-0.25, -0.2) is 0 Å². The molecule has 0 N–H and O–H groups in total. The number of carbonyl (C=O) groups is 2. The number of Topliss-reactive ketones (excluding diaryl/α,β-unsaturated/α-hetero) is 2. The van der Waals surface area contributed by atoms with Crippen molar-refractivity contribution in [2.45, 2.75) is 13.1 Å². The Balaban J connectivity index is 4.35. The lowest BCUT2D eigenvalue weighted by Gasteiger charge is -2.10. The lowest BCUT2D eigenvalue weighted by atomic mass is 10.0. The zero-order valence-electron chi connectivity index (χ0n) is 7.14. The van der Waals surface area contributed by atoms with Gasteiger partial charge >= 0.3 is 6.18 Å². The minimum absolute atomic E-state index is 0.483. The Bertz CT molecular complexity index is 210. The summed E-state index contributed by atoms with van der Waals surface area (Å²) in [6, 6.07) is 0. The molecular formula is C7H9F3O3. The van der Waals surface area contributed by atoms with E-state index in [1.165, 1.54) is 7.11 Å². The van der Waals surface area contributed by atoms with Crippen molar-refractivity contribution in [3.8, 4) is 0 Å². The maximum absolute atomic E-state index is 11.8. The zero-order chi connectivity index (χ0) is 10.6. The van der Waals surface area contributed by atoms with Gasteiger partial charge in [0.15, 0.2) is 5.78 Å². The van der Waals surface area contributed by atoms with Crippen molar-refractivity contribution in [2.24, 2.45) is 5.92 Å². The summed E-state index contributed by atoms with van der Waals surface area (Å²) in [7, 11) is 1.17. The number of halogens is 3. The van der Waals surface area contributed by atoms with Crippen molar-refractivity contribution in [1.82, 2.24) is 0 Å². The van der Waals surface area contributed by atoms with E-state index in [1.54, 1.807) is 0 Å². The number of hydrogen-bond acceptors (Lipinski definition) is 3. The van der Waals surface area contributed by atoms with Crippen molar-refractivity contribution in [2.75, 3.05) is 13.7 Å². The molecule has 1 unspecified atom stereocenters. The molecule has 0 aromatic carbocycles. The van der Waals surface area contributed by atoms with Gasteiger partial charge in [0.25, 0.3) is 0 Å². The summed E-state index contributed by atoms with van der Waals surface area (Å²) in [5.41, 5.74) is 0. The van der Waals surface area contributed by atoms with E-state index in [-0.39, 0.29) is 0 Å². The summed E-state index contributed by atoms with van der Waals surface area (Å²) in [6.07, 6.45) is -4.96. The smallest absolute Gasteiger partial charge is 0.377 e. The highest BCUT2D eigenvalue weighted by atomic mass is 19.4. The Labute approximate surface area is 72.9 Å². The Hall–Kier alpha value is -0.910. The van der Waals surface area contributed by atoms with Crippen LogP contribution in [0.1, 0.15) is 6.92 Å². The summed E-state index contributed by atoms with van der Waals surface area (Å²) in [5.74, 6) is -4.58. The summed E-state index contributed by atoms with van der Waals surface area (Å²) in [4.78, 5) is 21.3. The maximum atomic E-state index is 11.8. The van der Waals surface area contributed by atoms with Crippen LogP contribution in [0.3, 0.4) is 0 Å². The molecule has 0 aromatic heterocycles. The highest BCUT2D eigenvalue weighted by molar-refractivity contribution is 6.04. The minimum atomic E-state index is -4.96. The fourth-order valence-corrected chi connectivity index (χ4v) is 0.659. The Morgan fingerprint density at radius 1 is 1.38 bits per heavy atom. The van der Waals surface area contributed by atoms with E-state index in [9.17, 15) is 22.8 Å². The van der Waals surface area contributed by atoms with Crippen molar-refractivity contribution >= 4 is 11.6 Å². The van der Waals surface area contributed by atoms with Crippen LogP contribution in [0, 0.1) is 5.92 Å². The van der Waals surface area contributed by atoms with Crippen molar-refractivity contribution in [3.05, 3.63) is 0 Å². The molecule has 0 bridgehead atoms. The zero-order valence-corrected chi connectivity index (χ0v) is 7.14. The minimum Gasteiger partial charge on any atom is -0.377 e. The SMILES string of the molecule is COCC(=O)C(C)C(=O)C(F)(F)F. The maximum Gasteiger partial charge on any atom is 0.450 e. The molecule has 0 rings (SSSR count). The number of rotatable bonds is 4. The van der Waals surface area contributed by atoms with Gasteiger partial charge in [0.2, 0.25) is 5.78 Å². The first-order chi connectivity index (χ1) is 5.80. The standard InChI is InChI=1S/C7H9F3O3/c1-4(5(11)3-13-2)6(12)7(8,9)10/h4H,3H2,1-2H3. The molecule has 0 aliphatic carbocycles. The normalized spacial score (nSPS) is 13.9. The molecule has 0 spiro atoms. The first-order valence-corrected chi connectivity index (χ1v) is 3.43. The number of alkyl halides is 3. The molecule has 0 saturated heterocycles. The first kappa shape index (κ1) is 12.1. The fourth-order valence-electron chi connectivity index (χ4n) is 0.659. The molecule has 0 aliphatic rings. The molecule has 3 nitrogen and oxygen atoms in total. The molecule has 0 aromatic rings. The van der Waals surface area contributed by atoms with Gasteiger partial charge in [0, 0.05) is 7.11 Å². The third-order valence-electron chi connectivity index (χ3n) is 1.44. The van der Waals surface area contributed by atoms with E-state index in [1.807, 2.05) is 0 Å². The molecule has 0 radical (unpaired) electrons. The highest BCUT2D eigenvalue weighted by Gasteiger charge is 2.43. The summed E-state index contributed by atoms with van der Waals surface area (Å²) < 4.78 is 39.6. The van der Waals surface area contributed by atoms with E-state index in [0.717, 1.165) is 6.92 Å². The van der Waals surface area contributed by atoms with Gasteiger partial charge in [0.05, 0.1) is 5.92 Å². The van der Waals surface area contributed by atoms with Gasteiger partial charge in [-0.05, 0) is 6.92 Å². The fraction of sp³-hybridized carbons (Fsp3) is 0.714. The van der Waals surface area contributed by atoms with E-state index < -0.39 is 30.3 Å². The largest absolute Gasteiger partial charge is 0.450 e. The average molecular weight is 198 g/mol. The second-order valence-corrected chi connectivity index (χ2v) is 2.48. The van der Waals surface area contributed by atoms with Crippen LogP contribution >= 0.6 is 0 Å². The van der Waals surface area contributed by atoms with Crippen LogP contribution in [0.25, 0.3) is 0 Å². The van der Waals surface area contributed by atoms with Gasteiger partial charge in [-0.3, -0.25) is 9.59 Å². The molecule has 76 valence electrons. The van der Waals surface area contributed by atoms with Gasteiger partial charge in [-0.2, -0.15) is 13.2 Å². The van der Waals surface area contributed by atoms with Crippen molar-refractivity contribution < 1.29 is 27.5 Å². The summed E-state index contributed by atoms with van der Waals surface area (Å²) >= 11 is 0. The highest BCUT2D eigenvalue weighted by Crippen LogP contribution is 2.21. The van der Waals surface area contributed by atoms with E-state index in [4.69, 9.17) is 0 Å². The molecular weight excluding hydrogens is 189 g/mol. The summed E-state index contributed by atoms with van der Waals surface area (Å²) in [6.45, 7) is 0.431. The van der Waals surface area contributed by atoms with E-state index >= 15 is 0 Å². The lowest BCUT2D eigenvalue weighted by molar-refractivity contribution is -0.176. The number of carbonyl (C=O) groups excluding carboxylic acids is 2. The van der Waals surface area contributed by atoms with Gasteiger partial charge in [-0.1, -0.05) is 0 Å². The van der Waals surface area contributed by atoms with Gasteiger partial charge < -0.3 is 4.74 Å². The van der Waals surface area contributed by atoms with Gasteiger partial charge in [-0.15, -0.1) is 0 Å². The van der Waals surface area contributed by atoms with Crippen LogP contribution < -0.4 is 0 Å². The Kier molecular flexibility index (Phi) is 4.06. The third-order valence-corrected chi connectivity index (χ3v) is 1.44. The predicted octanol–water partition coefficient (Wildman–Crippen LogP) is 0.969. The third kappa shape index (κ3) is 3.54. The summed E-state index contributed by atoms with van der Waals surface area (Å²) in [5, 5.41) is 0. The molecule has 0 amide bonds.